The van der Waals surface area contributed by atoms with Crippen LogP contribution in [0.3, 0.4) is 0 Å². The maximum atomic E-state index is 10.1. The molecule has 28 heavy (non-hydrogen) atoms. The molecule has 0 fully saturated rings. The Kier molecular flexibility index (Phi) is 3.62. The molecule has 0 aliphatic carbocycles. The molecule has 0 bridgehead atoms. The van der Waals surface area contributed by atoms with Gasteiger partial charge in [0.1, 0.15) is 22.9 Å². The van der Waals surface area contributed by atoms with Gasteiger partial charge in [0, 0.05) is 23.2 Å². The molecule has 0 aliphatic rings. The van der Waals surface area contributed by atoms with Gasteiger partial charge in [0.05, 0.1) is 22.4 Å². The SMILES string of the molecule is Oc1cccnc1-c1ccc2ccc3ccc(-c4ncccc4O)nc3c2n1. The monoisotopic (exact) mass is 366 g/mol. The van der Waals surface area contributed by atoms with Crippen molar-refractivity contribution in [3.8, 4) is 34.3 Å². The second-order valence-electron chi connectivity index (χ2n) is 6.34. The van der Waals surface area contributed by atoms with Crippen LogP contribution in [-0.2, 0) is 0 Å². The van der Waals surface area contributed by atoms with Crippen molar-refractivity contribution in [3.63, 3.8) is 0 Å². The number of fused-ring (bicyclic) bond motifs is 3. The number of pyridine rings is 4. The lowest BCUT2D eigenvalue weighted by atomic mass is 10.1. The zero-order chi connectivity index (χ0) is 19.1. The Morgan fingerprint density at radius 2 is 0.964 bits per heavy atom. The van der Waals surface area contributed by atoms with Crippen LogP contribution in [-0.4, -0.2) is 30.1 Å². The maximum Gasteiger partial charge on any atom is 0.143 e. The molecule has 5 aromatic rings. The van der Waals surface area contributed by atoms with Crippen LogP contribution in [0.4, 0.5) is 0 Å². The Hall–Kier alpha value is -4.06. The summed E-state index contributed by atoms with van der Waals surface area (Å²) >= 11 is 0. The second-order valence-corrected chi connectivity index (χ2v) is 6.34. The van der Waals surface area contributed by atoms with Crippen molar-refractivity contribution >= 4 is 21.8 Å². The molecule has 1 aromatic carbocycles. The predicted octanol–water partition coefficient (Wildman–Crippen LogP) is 4.32. The van der Waals surface area contributed by atoms with E-state index in [4.69, 9.17) is 9.97 Å². The normalized spacial score (nSPS) is 11.1. The molecule has 0 radical (unpaired) electrons. The molecule has 0 amide bonds. The third kappa shape index (κ3) is 2.59. The van der Waals surface area contributed by atoms with Gasteiger partial charge >= 0.3 is 0 Å². The lowest BCUT2D eigenvalue weighted by Crippen LogP contribution is -1.93. The smallest absolute Gasteiger partial charge is 0.143 e. The molecule has 0 spiro atoms. The predicted molar refractivity (Wildman–Crippen MR) is 107 cm³/mol. The van der Waals surface area contributed by atoms with Gasteiger partial charge in [0.2, 0.25) is 0 Å². The van der Waals surface area contributed by atoms with Gasteiger partial charge in [-0.3, -0.25) is 9.97 Å². The van der Waals surface area contributed by atoms with E-state index in [0.717, 1.165) is 10.8 Å². The van der Waals surface area contributed by atoms with Crippen molar-refractivity contribution in [2.45, 2.75) is 0 Å². The van der Waals surface area contributed by atoms with Gasteiger partial charge in [-0.2, -0.15) is 0 Å². The fraction of sp³-hybridized carbons (Fsp3) is 0. The molecular formula is C22H14N4O2. The molecule has 0 saturated carbocycles. The summed E-state index contributed by atoms with van der Waals surface area (Å²) in [4.78, 5) is 17.9. The first kappa shape index (κ1) is 16.1. The first-order valence-corrected chi connectivity index (χ1v) is 8.70. The van der Waals surface area contributed by atoms with Gasteiger partial charge in [-0.25, -0.2) is 9.97 Å². The third-order valence-electron chi connectivity index (χ3n) is 4.58. The van der Waals surface area contributed by atoms with Crippen molar-refractivity contribution in [1.82, 2.24) is 19.9 Å². The number of benzene rings is 1. The zero-order valence-electron chi connectivity index (χ0n) is 14.6. The third-order valence-corrected chi connectivity index (χ3v) is 4.58. The molecule has 5 rings (SSSR count). The topological polar surface area (TPSA) is 92.0 Å². The number of aromatic nitrogens is 4. The summed E-state index contributed by atoms with van der Waals surface area (Å²) in [6, 6.07) is 18.0. The van der Waals surface area contributed by atoms with Crippen molar-refractivity contribution in [2.75, 3.05) is 0 Å². The summed E-state index contributed by atoms with van der Waals surface area (Å²) in [7, 11) is 0. The highest BCUT2D eigenvalue weighted by Gasteiger charge is 2.12. The molecular weight excluding hydrogens is 352 g/mol. The Bertz CT molecular complexity index is 1250. The van der Waals surface area contributed by atoms with E-state index >= 15 is 0 Å². The van der Waals surface area contributed by atoms with Gasteiger partial charge in [-0.1, -0.05) is 24.3 Å². The van der Waals surface area contributed by atoms with Crippen LogP contribution in [0.25, 0.3) is 44.6 Å². The summed E-state index contributed by atoms with van der Waals surface area (Å²) in [6.07, 6.45) is 3.23. The van der Waals surface area contributed by atoms with Crippen LogP contribution >= 0.6 is 0 Å². The van der Waals surface area contributed by atoms with Gasteiger partial charge < -0.3 is 10.2 Å². The first-order valence-electron chi connectivity index (χ1n) is 8.70. The second kappa shape index (κ2) is 6.28. The molecule has 6 nitrogen and oxygen atoms in total. The molecule has 6 heteroatoms. The highest BCUT2D eigenvalue weighted by atomic mass is 16.3. The van der Waals surface area contributed by atoms with Crippen LogP contribution < -0.4 is 0 Å². The highest BCUT2D eigenvalue weighted by molar-refractivity contribution is 6.04. The van der Waals surface area contributed by atoms with Gasteiger partial charge in [-0.15, -0.1) is 0 Å². The van der Waals surface area contributed by atoms with E-state index in [2.05, 4.69) is 9.97 Å². The number of aromatic hydroxyl groups is 2. The minimum absolute atomic E-state index is 0.0710. The standard InChI is InChI=1S/C22H14N4O2/c27-17-3-1-11-23-21(17)15-9-7-13-5-6-14-8-10-16(26-20(14)19(13)25-15)22-18(28)4-2-12-24-22/h1-12,27-28H. The molecule has 0 unspecified atom stereocenters. The molecule has 134 valence electrons. The minimum atomic E-state index is 0.0710. The van der Waals surface area contributed by atoms with Crippen molar-refractivity contribution in [3.05, 3.63) is 73.1 Å². The molecule has 2 N–H and O–H groups in total. The van der Waals surface area contributed by atoms with E-state index in [1.807, 2.05) is 36.4 Å². The number of hydrogen-bond donors (Lipinski definition) is 2. The number of hydrogen-bond acceptors (Lipinski definition) is 6. The van der Waals surface area contributed by atoms with E-state index in [0.29, 0.717) is 33.8 Å². The van der Waals surface area contributed by atoms with Gasteiger partial charge in [-0.05, 0) is 36.4 Å². The molecule has 4 aromatic heterocycles. The van der Waals surface area contributed by atoms with E-state index in [1.54, 1.807) is 36.7 Å². The minimum Gasteiger partial charge on any atom is -0.506 e. The lowest BCUT2D eigenvalue weighted by Gasteiger charge is -2.08. The summed E-state index contributed by atoms with van der Waals surface area (Å²) in [5, 5.41) is 22.1. The van der Waals surface area contributed by atoms with E-state index in [-0.39, 0.29) is 11.5 Å². The molecule has 0 aliphatic heterocycles. The number of rotatable bonds is 2. The van der Waals surface area contributed by atoms with E-state index in [9.17, 15) is 10.2 Å². The molecule has 0 atom stereocenters. The fourth-order valence-electron chi connectivity index (χ4n) is 3.22. The van der Waals surface area contributed by atoms with Crippen molar-refractivity contribution in [2.24, 2.45) is 0 Å². The van der Waals surface area contributed by atoms with Crippen molar-refractivity contribution in [1.29, 1.82) is 0 Å². The molecule has 4 heterocycles. The summed E-state index contributed by atoms with van der Waals surface area (Å²) in [6.45, 7) is 0. The Balaban J connectivity index is 1.78. The average molecular weight is 366 g/mol. The Morgan fingerprint density at radius 3 is 1.39 bits per heavy atom. The number of nitrogens with zero attached hydrogens (tertiary/aromatic N) is 4. The van der Waals surface area contributed by atoms with Crippen LogP contribution in [0, 0.1) is 0 Å². The van der Waals surface area contributed by atoms with Crippen molar-refractivity contribution < 1.29 is 10.2 Å². The Morgan fingerprint density at radius 1 is 0.536 bits per heavy atom. The average Bonchev–Trinajstić information content (AvgIpc) is 2.74. The quantitative estimate of drug-likeness (QED) is 0.452. The van der Waals surface area contributed by atoms with E-state index < -0.39 is 0 Å². The summed E-state index contributed by atoms with van der Waals surface area (Å²) in [5.74, 6) is 0.142. The first-order chi connectivity index (χ1) is 13.7. The van der Waals surface area contributed by atoms with Gasteiger partial charge in [0.25, 0.3) is 0 Å². The zero-order valence-corrected chi connectivity index (χ0v) is 14.6. The fourth-order valence-corrected chi connectivity index (χ4v) is 3.22. The van der Waals surface area contributed by atoms with Gasteiger partial charge in [0.15, 0.2) is 0 Å². The van der Waals surface area contributed by atoms with Crippen LogP contribution in [0.1, 0.15) is 0 Å². The van der Waals surface area contributed by atoms with E-state index in [1.165, 1.54) is 0 Å². The lowest BCUT2D eigenvalue weighted by molar-refractivity contribution is 0.474. The summed E-state index contributed by atoms with van der Waals surface area (Å²) in [5.41, 5.74) is 3.34. The highest BCUT2D eigenvalue weighted by Crippen LogP contribution is 2.31. The Labute approximate surface area is 159 Å². The van der Waals surface area contributed by atoms with Crippen LogP contribution in [0.5, 0.6) is 11.5 Å². The van der Waals surface area contributed by atoms with Crippen LogP contribution in [0.15, 0.2) is 73.1 Å². The molecule has 0 saturated heterocycles. The van der Waals surface area contributed by atoms with Crippen LogP contribution in [0.2, 0.25) is 0 Å². The summed E-state index contributed by atoms with van der Waals surface area (Å²) < 4.78 is 0. The maximum absolute atomic E-state index is 10.1. The largest absolute Gasteiger partial charge is 0.506 e.